The summed E-state index contributed by atoms with van der Waals surface area (Å²) in [5.74, 6) is 0.754. The van der Waals surface area contributed by atoms with Gasteiger partial charge < -0.3 is 14.8 Å². The molecule has 1 N–H and O–H groups in total. The van der Waals surface area contributed by atoms with Crippen LogP contribution < -0.4 is 14.8 Å². The van der Waals surface area contributed by atoms with Crippen molar-refractivity contribution in [2.45, 2.75) is 30.7 Å². The molecule has 9 heteroatoms. The largest absolute Gasteiger partial charge is 0.490 e. The Kier molecular flexibility index (Phi) is 6.19. The average molecular weight is 432 g/mol. The summed E-state index contributed by atoms with van der Waals surface area (Å²) in [6, 6.07) is 10.3. The normalized spacial score (nSPS) is 17.9. The van der Waals surface area contributed by atoms with Crippen LogP contribution >= 0.6 is 0 Å². The number of pyridine rings is 1. The summed E-state index contributed by atoms with van der Waals surface area (Å²) in [5.41, 5.74) is 0.792. The Bertz CT molecular complexity index is 989. The number of carbonyl (C=O) groups excluding carboxylic acids is 1. The van der Waals surface area contributed by atoms with Crippen LogP contribution in [0.25, 0.3) is 0 Å². The number of aromatic nitrogens is 1. The number of ether oxygens (including phenoxy) is 2. The summed E-state index contributed by atoms with van der Waals surface area (Å²) in [4.78, 5) is 16.8. The minimum absolute atomic E-state index is 0.0618. The fourth-order valence-corrected chi connectivity index (χ4v) is 5.12. The first kappa shape index (κ1) is 20.6. The number of sulfonamides is 1. The van der Waals surface area contributed by atoms with Crippen molar-refractivity contribution in [3.05, 3.63) is 48.3 Å². The van der Waals surface area contributed by atoms with Crippen molar-refractivity contribution in [1.82, 2.24) is 14.6 Å². The molecule has 0 unspecified atom stereocenters. The molecule has 0 aliphatic carbocycles. The Morgan fingerprint density at radius 1 is 1.10 bits per heavy atom. The number of nitrogens with zero attached hydrogens (tertiary/aromatic N) is 2. The number of carbonyl (C=O) groups is 1. The average Bonchev–Trinajstić information content (AvgIpc) is 3.03. The van der Waals surface area contributed by atoms with Gasteiger partial charge in [0.25, 0.3) is 0 Å². The third kappa shape index (κ3) is 4.57. The molecule has 1 fully saturated rings. The van der Waals surface area contributed by atoms with Gasteiger partial charge in [-0.05, 0) is 37.1 Å². The first-order chi connectivity index (χ1) is 14.5. The van der Waals surface area contributed by atoms with E-state index >= 15 is 0 Å². The number of hydrogen-bond acceptors (Lipinski definition) is 6. The van der Waals surface area contributed by atoms with E-state index in [0.29, 0.717) is 57.2 Å². The zero-order valence-corrected chi connectivity index (χ0v) is 17.4. The fourth-order valence-electron chi connectivity index (χ4n) is 3.64. The molecule has 0 atom stereocenters. The quantitative estimate of drug-likeness (QED) is 0.777. The number of nitrogens with one attached hydrogen (secondary N) is 1. The van der Waals surface area contributed by atoms with Crippen LogP contribution in [0.4, 0.5) is 0 Å². The van der Waals surface area contributed by atoms with Gasteiger partial charge in [0.2, 0.25) is 15.9 Å². The molecule has 0 bridgehead atoms. The second-order valence-electron chi connectivity index (χ2n) is 7.38. The molecule has 4 rings (SSSR count). The molecule has 1 saturated heterocycles. The van der Waals surface area contributed by atoms with Gasteiger partial charge in [-0.15, -0.1) is 0 Å². The van der Waals surface area contributed by atoms with E-state index < -0.39 is 10.0 Å². The number of benzene rings is 1. The van der Waals surface area contributed by atoms with Crippen LogP contribution in [0.3, 0.4) is 0 Å². The van der Waals surface area contributed by atoms with Crippen LogP contribution in [-0.4, -0.2) is 49.9 Å². The van der Waals surface area contributed by atoms with Crippen molar-refractivity contribution in [2.75, 3.05) is 26.3 Å². The van der Waals surface area contributed by atoms with E-state index in [4.69, 9.17) is 9.47 Å². The fraction of sp³-hybridized carbons (Fsp3) is 0.429. The van der Waals surface area contributed by atoms with Crippen molar-refractivity contribution < 1.29 is 22.7 Å². The predicted molar refractivity (Wildman–Crippen MR) is 110 cm³/mol. The maximum atomic E-state index is 13.1. The zero-order valence-electron chi connectivity index (χ0n) is 16.6. The maximum Gasteiger partial charge on any atom is 0.243 e. The molecule has 0 radical (unpaired) electrons. The van der Waals surface area contributed by atoms with Gasteiger partial charge in [0, 0.05) is 37.7 Å². The number of rotatable bonds is 5. The van der Waals surface area contributed by atoms with Crippen LogP contribution in [0, 0.1) is 5.92 Å². The first-order valence-electron chi connectivity index (χ1n) is 10.1. The van der Waals surface area contributed by atoms with Crippen molar-refractivity contribution >= 4 is 15.9 Å². The van der Waals surface area contributed by atoms with Crippen LogP contribution in [0.1, 0.15) is 25.0 Å². The minimum Gasteiger partial charge on any atom is -0.490 e. The van der Waals surface area contributed by atoms with Crippen molar-refractivity contribution in [1.29, 1.82) is 0 Å². The highest BCUT2D eigenvalue weighted by Crippen LogP contribution is 2.33. The lowest BCUT2D eigenvalue weighted by atomic mass is 9.97. The summed E-state index contributed by atoms with van der Waals surface area (Å²) in [5, 5.41) is 2.89. The van der Waals surface area contributed by atoms with Crippen molar-refractivity contribution in [2.24, 2.45) is 5.92 Å². The summed E-state index contributed by atoms with van der Waals surface area (Å²) >= 11 is 0. The zero-order chi connectivity index (χ0) is 21.0. The third-order valence-corrected chi connectivity index (χ3v) is 7.25. The van der Waals surface area contributed by atoms with E-state index in [-0.39, 0.29) is 16.7 Å². The molecule has 0 saturated carbocycles. The lowest BCUT2D eigenvalue weighted by Crippen LogP contribution is -2.42. The van der Waals surface area contributed by atoms with Gasteiger partial charge >= 0.3 is 0 Å². The standard InChI is InChI=1S/C21H25N3O5S/c25-21(23-15-17-4-1-2-9-22-17)16-7-10-24(11-8-16)30(26,27)18-5-6-19-20(14-18)29-13-3-12-28-19/h1-2,4-6,9,14,16H,3,7-8,10-13,15H2,(H,23,25). The molecule has 1 amide bonds. The highest BCUT2D eigenvalue weighted by Gasteiger charge is 2.32. The van der Waals surface area contributed by atoms with Crippen molar-refractivity contribution in [3.8, 4) is 11.5 Å². The third-order valence-electron chi connectivity index (χ3n) is 5.35. The van der Waals surface area contributed by atoms with Gasteiger partial charge in [0.15, 0.2) is 11.5 Å². The van der Waals surface area contributed by atoms with E-state index in [9.17, 15) is 13.2 Å². The molecule has 2 aromatic rings. The second kappa shape index (κ2) is 9.01. The van der Waals surface area contributed by atoms with E-state index in [2.05, 4.69) is 10.3 Å². The van der Waals surface area contributed by atoms with E-state index in [0.717, 1.165) is 12.1 Å². The number of amides is 1. The van der Waals surface area contributed by atoms with Crippen LogP contribution in [0.5, 0.6) is 11.5 Å². The Balaban J connectivity index is 1.36. The lowest BCUT2D eigenvalue weighted by Gasteiger charge is -2.30. The first-order valence-corrected chi connectivity index (χ1v) is 11.6. The number of fused-ring (bicyclic) bond motifs is 1. The van der Waals surface area contributed by atoms with Gasteiger partial charge in [0.05, 0.1) is 30.3 Å². The van der Waals surface area contributed by atoms with Crippen LogP contribution in [0.2, 0.25) is 0 Å². The summed E-state index contributed by atoms with van der Waals surface area (Å²) < 4.78 is 38.8. The Morgan fingerprint density at radius 2 is 1.87 bits per heavy atom. The Labute approximate surface area is 176 Å². The SMILES string of the molecule is O=C(NCc1ccccn1)C1CCN(S(=O)(=O)c2ccc3c(c2)OCCCO3)CC1. The molecule has 2 aliphatic heterocycles. The van der Waals surface area contributed by atoms with E-state index in [1.807, 2.05) is 18.2 Å². The molecule has 1 aromatic carbocycles. The molecule has 30 heavy (non-hydrogen) atoms. The van der Waals surface area contributed by atoms with Gasteiger partial charge in [-0.1, -0.05) is 6.07 Å². The number of hydrogen-bond donors (Lipinski definition) is 1. The van der Waals surface area contributed by atoms with Crippen LogP contribution in [-0.2, 0) is 21.4 Å². The van der Waals surface area contributed by atoms with E-state index in [1.54, 1.807) is 18.3 Å². The summed E-state index contributed by atoms with van der Waals surface area (Å²) in [6.07, 6.45) is 3.41. The van der Waals surface area contributed by atoms with E-state index in [1.165, 1.54) is 10.4 Å². The monoisotopic (exact) mass is 431 g/mol. The lowest BCUT2D eigenvalue weighted by molar-refractivity contribution is -0.126. The highest BCUT2D eigenvalue weighted by molar-refractivity contribution is 7.89. The minimum atomic E-state index is -3.66. The maximum absolute atomic E-state index is 13.1. The van der Waals surface area contributed by atoms with Gasteiger partial charge in [-0.25, -0.2) is 8.42 Å². The molecule has 1 aromatic heterocycles. The van der Waals surface area contributed by atoms with Gasteiger partial charge in [0.1, 0.15) is 0 Å². The molecule has 160 valence electrons. The number of piperidine rings is 1. The van der Waals surface area contributed by atoms with Crippen molar-refractivity contribution in [3.63, 3.8) is 0 Å². The predicted octanol–water partition coefficient (Wildman–Crippen LogP) is 1.96. The topological polar surface area (TPSA) is 97.8 Å². The molecule has 2 aliphatic rings. The van der Waals surface area contributed by atoms with Crippen LogP contribution in [0.15, 0.2) is 47.5 Å². The summed E-state index contributed by atoms with van der Waals surface area (Å²) in [7, 11) is -3.66. The molecular weight excluding hydrogens is 406 g/mol. The molecule has 0 spiro atoms. The van der Waals surface area contributed by atoms with Gasteiger partial charge in [-0.2, -0.15) is 4.31 Å². The van der Waals surface area contributed by atoms with Gasteiger partial charge in [-0.3, -0.25) is 9.78 Å². The molecular formula is C21H25N3O5S. The second-order valence-corrected chi connectivity index (χ2v) is 9.31. The molecule has 3 heterocycles. The summed E-state index contributed by atoms with van der Waals surface area (Å²) in [6.45, 7) is 2.02. The smallest absolute Gasteiger partial charge is 0.243 e. The molecule has 8 nitrogen and oxygen atoms in total. The Morgan fingerprint density at radius 3 is 2.60 bits per heavy atom. The highest BCUT2D eigenvalue weighted by atomic mass is 32.2. The Hall–Kier alpha value is -2.65.